The van der Waals surface area contributed by atoms with Crippen LogP contribution in [-0.2, 0) is 4.74 Å². The minimum absolute atomic E-state index is 0.122. The molecule has 0 radical (unpaired) electrons. The Labute approximate surface area is 153 Å². The van der Waals surface area contributed by atoms with Crippen molar-refractivity contribution in [3.63, 3.8) is 0 Å². The fraction of sp³-hybridized carbons (Fsp3) is 0.632. The summed E-state index contributed by atoms with van der Waals surface area (Å²) in [5.41, 5.74) is 1.00. The molecular formula is C19H27N3O4. The summed E-state index contributed by atoms with van der Waals surface area (Å²) >= 11 is 0. The van der Waals surface area contributed by atoms with Gasteiger partial charge in [0, 0.05) is 37.0 Å². The Kier molecular flexibility index (Phi) is 4.82. The van der Waals surface area contributed by atoms with Gasteiger partial charge < -0.3 is 15.0 Å². The summed E-state index contributed by atoms with van der Waals surface area (Å²) in [6.07, 6.45) is 3.83. The zero-order chi connectivity index (χ0) is 18.9. The molecule has 142 valence electrons. The lowest BCUT2D eigenvalue weighted by Crippen LogP contribution is -2.55. The van der Waals surface area contributed by atoms with Crippen molar-refractivity contribution in [1.29, 1.82) is 0 Å². The van der Waals surface area contributed by atoms with E-state index in [2.05, 4.69) is 10.2 Å². The van der Waals surface area contributed by atoms with E-state index >= 15 is 0 Å². The number of benzene rings is 1. The van der Waals surface area contributed by atoms with Crippen LogP contribution in [0.4, 0.5) is 16.2 Å². The molecule has 2 fully saturated rings. The van der Waals surface area contributed by atoms with E-state index in [0.717, 1.165) is 44.5 Å². The standard InChI is InChI=1S/C19H27N3O4/c1-18(2,3)26-17(23)20-14-12-19(13-14)8-10-21(11-9-19)15-4-6-16(7-5-15)22(24)25/h4-7,14H,8-13H2,1-3H3,(H,20,23). The van der Waals surface area contributed by atoms with Gasteiger partial charge in [0.25, 0.3) is 5.69 Å². The molecule has 0 bridgehead atoms. The maximum atomic E-state index is 11.9. The van der Waals surface area contributed by atoms with Crippen molar-refractivity contribution in [2.24, 2.45) is 5.41 Å². The number of nitrogens with zero attached hydrogens (tertiary/aromatic N) is 2. The summed E-state index contributed by atoms with van der Waals surface area (Å²) in [5, 5.41) is 13.7. The van der Waals surface area contributed by atoms with Gasteiger partial charge in [-0.3, -0.25) is 10.1 Å². The second-order valence-electron chi connectivity index (χ2n) is 8.51. The number of anilines is 1. The average Bonchev–Trinajstić information content (AvgIpc) is 2.52. The number of non-ortho nitro benzene ring substituents is 1. The van der Waals surface area contributed by atoms with Crippen LogP contribution >= 0.6 is 0 Å². The van der Waals surface area contributed by atoms with Gasteiger partial charge in [-0.2, -0.15) is 0 Å². The van der Waals surface area contributed by atoms with Crippen LogP contribution in [-0.4, -0.2) is 35.7 Å². The number of nitrogens with one attached hydrogen (secondary N) is 1. The second kappa shape index (κ2) is 6.78. The SMILES string of the molecule is CC(C)(C)OC(=O)NC1CC2(CCN(c3ccc([N+](=O)[O-])cc3)CC2)C1. The van der Waals surface area contributed by atoms with Crippen molar-refractivity contribution < 1.29 is 14.5 Å². The molecule has 26 heavy (non-hydrogen) atoms. The van der Waals surface area contributed by atoms with Gasteiger partial charge >= 0.3 is 6.09 Å². The molecule has 7 heteroatoms. The number of nitro groups is 1. The van der Waals surface area contributed by atoms with Gasteiger partial charge in [0.15, 0.2) is 0 Å². The molecule has 1 amide bonds. The first kappa shape index (κ1) is 18.5. The quantitative estimate of drug-likeness (QED) is 0.652. The normalized spacial score (nSPS) is 19.7. The van der Waals surface area contributed by atoms with Crippen molar-refractivity contribution in [3.8, 4) is 0 Å². The first-order valence-corrected chi connectivity index (χ1v) is 9.15. The number of carbonyl (C=O) groups excluding carboxylic acids is 1. The summed E-state index contributed by atoms with van der Waals surface area (Å²) in [5.74, 6) is 0. The van der Waals surface area contributed by atoms with E-state index in [0.29, 0.717) is 5.41 Å². The van der Waals surface area contributed by atoms with Gasteiger partial charge in [-0.05, 0) is 64.0 Å². The molecule has 2 aliphatic rings. The van der Waals surface area contributed by atoms with E-state index in [1.165, 1.54) is 0 Å². The monoisotopic (exact) mass is 361 g/mol. The largest absolute Gasteiger partial charge is 0.444 e. The van der Waals surface area contributed by atoms with Gasteiger partial charge in [0.05, 0.1) is 4.92 Å². The van der Waals surface area contributed by atoms with Crippen molar-refractivity contribution in [2.75, 3.05) is 18.0 Å². The highest BCUT2D eigenvalue weighted by molar-refractivity contribution is 5.68. The molecule has 1 N–H and O–H groups in total. The van der Waals surface area contributed by atoms with Gasteiger partial charge in [-0.15, -0.1) is 0 Å². The number of hydrogen-bond acceptors (Lipinski definition) is 5. The summed E-state index contributed by atoms with van der Waals surface area (Å²) in [6, 6.07) is 6.97. The minimum Gasteiger partial charge on any atom is -0.444 e. The number of ether oxygens (including phenoxy) is 1. The number of alkyl carbamates (subject to hydrolysis) is 1. The molecule has 1 aromatic rings. The highest BCUT2D eigenvalue weighted by Crippen LogP contribution is 2.49. The highest BCUT2D eigenvalue weighted by atomic mass is 16.6. The first-order valence-electron chi connectivity index (χ1n) is 9.15. The summed E-state index contributed by atoms with van der Waals surface area (Å²) in [4.78, 5) is 24.5. The van der Waals surface area contributed by atoms with Crippen molar-refractivity contribution >= 4 is 17.5 Å². The lowest BCUT2D eigenvalue weighted by molar-refractivity contribution is -0.384. The number of amides is 1. The predicted octanol–water partition coefficient (Wildman–Crippen LogP) is 3.87. The van der Waals surface area contributed by atoms with Crippen LogP contribution in [0.5, 0.6) is 0 Å². The lowest BCUT2D eigenvalue weighted by Gasteiger charge is -2.52. The summed E-state index contributed by atoms with van der Waals surface area (Å²) < 4.78 is 5.31. The van der Waals surface area contributed by atoms with Crippen molar-refractivity contribution in [3.05, 3.63) is 34.4 Å². The Morgan fingerprint density at radius 2 is 1.81 bits per heavy atom. The molecule has 1 aliphatic carbocycles. The zero-order valence-electron chi connectivity index (χ0n) is 15.7. The number of piperidine rings is 1. The molecule has 1 spiro atoms. The third-order valence-corrected chi connectivity index (χ3v) is 5.33. The molecular weight excluding hydrogens is 334 g/mol. The van der Waals surface area contributed by atoms with Gasteiger partial charge in [-0.1, -0.05) is 0 Å². The van der Waals surface area contributed by atoms with E-state index in [9.17, 15) is 14.9 Å². The van der Waals surface area contributed by atoms with Crippen LogP contribution in [0.3, 0.4) is 0 Å². The van der Waals surface area contributed by atoms with Gasteiger partial charge in [0.2, 0.25) is 0 Å². The second-order valence-corrected chi connectivity index (χ2v) is 8.51. The fourth-order valence-corrected chi connectivity index (χ4v) is 3.99. The predicted molar refractivity (Wildman–Crippen MR) is 99.4 cm³/mol. The number of hydrogen-bond donors (Lipinski definition) is 1. The molecule has 1 aromatic carbocycles. The van der Waals surface area contributed by atoms with E-state index in [1.807, 2.05) is 32.9 Å². The van der Waals surface area contributed by atoms with E-state index in [1.54, 1.807) is 12.1 Å². The Morgan fingerprint density at radius 3 is 2.31 bits per heavy atom. The van der Waals surface area contributed by atoms with Crippen LogP contribution in [0.1, 0.15) is 46.5 Å². The zero-order valence-corrected chi connectivity index (χ0v) is 15.7. The smallest absolute Gasteiger partial charge is 0.407 e. The molecule has 7 nitrogen and oxygen atoms in total. The van der Waals surface area contributed by atoms with E-state index in [4.69, 9.17) is 4.74 Å². The van der Waals surface area contributed by atoms with Gasteiger partial charge in [-0.25, -0.2) is 4.79 Å². The molecule has 0 atom stereocenters. The third kappa shape index (κ3) is 4.26. The lowest BCUT2D eigenvalue weighted by atomic mass is 9.60. The van der Waals surface area contributed by atoms with Crippen LogP contribution < -0.4 is 10.2 Å². The van der Waals surface area contributed by atoms with E-state index in [-0.39, 0.29) is 22.7 Å². The fourth-order valence-electron chi connectivity index (χ4n) is 3.99. The Hall–Kier alpha value is -2.31. The van der Waals surface area contributed by atoms with Crippen molar-refractivity contribution in [1.82, 2.24) is 5.32 Å². The number of nitro benzene ring substituents is 1. The Bertz CT molecular complexity index is 665. The molecule has 1 aliphatic heterocycles. The number of carbonyl (C=O) groups is 1. The Morgan fingerprint density at radius 1 is 1.23 bits per heavy atom. The maximum Gasteiger partial charge on any atom is 0.407 e. The molecule has 0 aromatic heterocycles. The van der Waals surface area contributed by atoms with Crippen LogP contribution in [0, 0.1) is 15.5 Å². The Balaban J connectivity index is 1.46. The minimum atomic E-state index is -0.471. The van der Waals surface area contributed by atoms with Gasteiger partial charge in [0.1, 0.15) is 5.60 Å². The maximum absolute atomic E-state index is 11.9. The van der Waals surface area contributed by atoms with Crippen LogP contribution in [0.2, 0.25) is 0 Å². The average molecular weight is 361 g/mol. The topological polar surface area (TPSA) is 84.7 Å². The molecule has 0 unspecified atom stereocenters. The molecule has 3 rings (SSSR count). The van der Waals surface area contributed by atoms with Crippen LogP contribution in [0.15, 0.2) is 24.3 Å². The highest BCUT2D eigenvalue weighted by Gasteiger charge is 2.46. The summed E-state index contributed by atoms with van der Waals surface area (Å²) in [6.45, 7) is 7.47. The molecule has 1 saturated carbocycles. The molecule has 1 heterocycles. The third-order valence-electron chi connectivity index (χ3n) is 5.33. The first-order chi connectivity index (χ1) is 12.2. The number of rotatable bonds is 3. The van der Waals surface area contributed by atoms with E-state index < -0.39 is 5.60 Å². The molecule has 1 saturated heterocycles. The van der Waals surface area contributed by atoms with Crippen LogP contribution in [0.25, 0.3) is 0 Å². The summed E-state index contributed by atoms with van der Waals surface area (Å²) in [7, 11) is 0. The van der Waals surface area contributed by atoms with Crippen molar-refractivity contribution in [2.45, 2.75) is 58.1 Å².